The van der Waals surface area contributed by atoms with E-state index in [4.69, 9.17) is 4.74 Å². The fourth-order valence-electron chi connectivity index (χ4n) is 3.37. The Balaban J connectivity index is 1.84. The molecule has 1 amide bonds. The average Bonchev–Trinajstić information content (AvgIpc) is 3.08. The van der Waals surface area contributed by atoms with E-state index in [9.17, 15) is 13.2 Å². The summed E-state index contributed by atoms with van der Waals surface area (Å²) in [5.41, 5.74) is 3.91. The molecule has 1 aliphatic rings. The highest BCUT2D eigenvalue weighted by molar-refractivity contribution is 7.89. The maximum Gasteiger partial charge on any atom is 0.241 e. The molecule has 3 rings (SSSR count). The fraction of sp³-hybridized carbons (Fsp3) is 0.350. The van der Waals surface area contributed by atoms with Crippen LogP contribution in [0.15, 0.2) is 41.3 Å². The van der Waals surface area contributed by atoms with E-state index in [1.807, 2.05) is 13.0 Å². The number of hydrogen-bond acceptors (Lipinski definition) is 4. The van der Waals surface area contributed by atoms with Gasteiger partial charge in [0.1, 0.15) is 5.75 Å². The van der Waals surface area contributed by atoms with E-state index >= 15 is 0 Å². The number of ether oxygens (including phenoxy) is 1. The van der Waals surface area contributed by atoms with Gasteiger partial charge in [0.15, 0.2) is 0 Å². The molecule has 0 fully saturated rings. The Kier molecular flexibility index (Phi) is 5.53. The summed E-state index contributed by atoms with van der Waals surface area (Å²) >= 11 is 0. The van der Waals surface area contributed by atoms with Gasteiger partial charge in [-0.25, -0.2) is 13.1 Å². The number of fused-ring (bicyclic) bond motifs is 1. The Labute approximate surface area is 160 Å². The van der Waals surface area contributed by atoms with Crippen molar-refractivity contribution >= 4 is 21.6 Å². The van der Waals surface area contributed by atoms with Crippen LogP contribution in [-0.4, -0.2) is 21.4 Å². The van der Waals surface area contributed by atoms with E-state index in [1.165, 1.54) is 43.4 Å². The van der Waals surface area contributed by atoms with Gasteiger partial charge in [-0.3, -0.25) is 4.79 Å². The first-order chi connectivity index (χ1) is 12.8. The summed E-state index contributed by atoms with van der Waals surface area (Å²) in [5.74, 6) is 0.0955. The molecule has 6 nitrogen and oxygen atoms in total. The normalized spacial score (nSPS) is 14.5. The van der Waals surface area contributed by atoms with E-state index in [1.54, 1.807) is 0 Å². The van der Waals surface area contributed by atoms with Crippen LogP contribution in [0.25, 0.3) is 0 Å². The number of nitrogens with one attached hydrogen (secondary N) is 2. The molecule has 27 heavy (non-hydrogen) atoms. The second-order valence-corrected chi connectivity index (χ2v) is 8.48. The van der Waals surface area contributed by atoms with Crippen molar-refractivity contribution in [1.29, 1.82) is 0 Å². The van der Waals surface area contributed by atoms with Crippen molar-refractivity contribution in [3.8, 4) is 5.75 Å². The molecule has 2 aromatic rings. The SMILES string of the molecule is COc1ccc(S(=O)(=O)N[C@H](C)c2ccc3c(c2)CCC3)cc1NC(C)=O. The highest BCUT2D eigenvalue weighted by Gasteiger charge is 2.21. The summed E-state index contributed by atoms with van der Waals surface area (Å²) in [4.78, 5) is 11.4. The average molecular weight is 388 g/mol. The zero-order valence-electron chi connectivity index (χ0n) is 15.7. The van der Waals surface area contributed by atoms with E-state index in [0.717, 1.165) is 24.8 Å². The van der Waals surface area contributed by atoms with Crippen molar-refractivity contribution in [3.63, 3.8) is 0 Å². The van der Waals surface area contributed by atoms with Gasteiger partial charge in [-0.05, 0) is 61.1 Å². The number of anilines is 1. The Morgan fingerprint density at radius 3 is 2.56 bits per heavy atom. The lowest BCUT2D eigenvalue weighted by molar-refractivity contribution is -0.114. The number of methoxy groups -OCH3 is 1. The van der Waals surface area contributed by atoms with Crippen molar-refractivity contribution in [2.24, 2.45) is 0 Å². The number of benzene rings is 2. The number of sulfonamides is 1. The third-order valence-electron chi connectivity index (χ3n) is 4.75. The van der Waals surface area contributed by atoms with Gasteiger partial charge >= 0.3 is 0 Å². The summed E-state index contributed by atoms with van der Waals surface area (Å²) in [5, 5.41) is 2.59. The molecule has 7 heteroatoms. The second kappa shape index (κ2) is 7.70. The monoisotopic (exact) mass is 388 g/mol. The van der Waals surface area contributed by atoms with Gasteiger partial charge in [0.25, 0.3) is 0 Å². The minimum Gasteiger partial charge on any atom is -0.495 e. The van der Waals surface area contributed by atoms with Crippen LogP contribution in [0, 0.1) is 0 Å². The summed E-state index contributed by atoms with van der Waals surface area (Å²) in [6, 6.07) is 10.2. The molecule has 0 saturated carbocycles. The van der Waals surface area contributed by atoms with Crippen LogP contribution in [0.4, 0.5) is 5.69 Å². The Morgan fingerprint density at radius 1 is 1.11 bits per heavy atom. The number of carbonyl (C=O) groups excluding carboxylic acids is 1. The minimum absolute atomic E-state index is 0.0695. The van der Waals surface area contributed by atoms with Crippen LogP contribution < -0.4 is 14.8 Å². The topological polar surface area (TPSA) is 84.5 Å². The number of amides is 1. The summed E-state index contributed by atoms with van der Waals surface area (Å²) in [7, 11) is -2.30. The standard InChI is InChI=1S/C20H24N2O4S/c1-13(16-8-7-15-5-4-6-17(15)11-16)22-27(24,25)18-9-10-20(26-3)19(12-18)21-14(2)23/h7-13,22H,4-6H2,1-3H3,(H,21,23)/t13-/m1/s1. The lowest BCUT2D eigenvalue weighted by atomic mass is 10.0. The molecule has 0 radical (unpaired) electrons. The molecule has 144 valence electrons. The van der Waals surface area contributed by atoms with Crippen LogP contribution in [-0.2, 0) is 27.7 Å². The first-order valence-electron chi connectivity index (χ1n) is 8.90. The predicted octanol–water partition coefficient (Wildman–Crippen LogP) is 3.18. The molecule has 0 bridgehead atoms. The molecule has 2 aromatic carbocycles. The maximum absolute atomic E-state index is 12.8. The van der Waals surface area contributed by atoms with Gasteiger partial charge in [-0.2, -0.15) is 0 Å². The third-order valence-corrected chi connectivity index (χ3v) is 6.28. The number of aryl methyl sites for hydroxylation is 2. The molecule has 0 aromatic heterocycles. The zero-order valence-corrected chi connectivity index (χ0v) is 16.5. The van der Waals surface area contributed by atoms with Crippen molar-refractivity contribution in [2.45, 2.75) is 44.0 Å². The highest BCUT2D eigenvalue weighted by atomic mass is 32.2. The van der Waals surface area contributed by atoms with Crippen LogP contribution in [0.2, 0.25) is 0 Å². The summed E-state index contributed by atoms with van der Waals surface area (Å²) < 4.78 is 33.5. The highest BCUT2D eigenvalue weighted by Crippen LogP contribution is 2.29. The van der Waals surface area contributed by atoms with E-state index in [-0.39, 0.29) is 16.8 Å². The van der Waals surface area contributed by atoms with E-state index < -0.39 is 10.0 Å². The Morgan fingerprint density at radius 2 is 1.85 bits per heavy atom. The number of carbonyl (C=O) groups is 1. The largest absolute Gasteiger partial charge is 0.495 e. The molecule has 0 saturated heterocycles. The van der Waals surface area contributed by atoms with Gasteiger partial charge in [0.05, 0.1) is 17.7 Å². The summed E-state index contributed by atoms with van der Waals surface area (Å²) in [6.07, 6.45) is 3.28. The van der Waals surface area contributed by atoms with E-state index in [2.05, 4.69) is 22.2 Å². The molecule has 0 spiro atoms. The lowest BCUT2D eigenvalue weighted by Gasteiger charge is -2.17. The number of hydrogen-bond donors (Lipinski definition) is 2. The molecule has 1 aliphatic carbocycles. The molecular weight excluding hydrogens is 364 g/mol. The molecule has 2 N–H and O–H groups in total. The third kappa shape index (κ3) is 4.31. The minimum atomic E-state index is -3.76. The Bertz CT molecular complexity index is 970. The first kappa shape index (κ1) is 19.4. The van der Waals surface area contributed by atoms with E-state index in [0.29, 0.717) is 11.4 Å². The lowest BCUT2D eigenvalue weighted by Crippen LogP contribution is -2.27. The van der Waals surface area contributed by atoms with Crippen LogP contribution in [0.1, 0.15) is 43.0 Å². The van der Waals surface area contributed by atoms with Gasteiger partial charge < -0.3 is 10.1 Å². The van der Waals surface area contributed by atoms with Crippen molar-refractivity contribution in [2.75, 3.05) is 12.4 Å². The van der Waals surface area contributed by atoms with Crippen LogP contribution in [0.3, 0.4) is 0 Å². The second-order valence-electron chi connectivity index (χ2n) is 6.77. The fourth-order valence-corrected chi connectivity index (χ4v) is 4.63. The molecule has 0 aliphatic heterocycles. The van der Waals surface area contributed by atoms with Crippen molar-refractivity contribution in [1.82, 2.24) is 4.72 Å². The van der Waals surface area contributed by atoms with Gasteiger partial charge in [-0.15, -0.1) is 0 Å². The zero-order chi connectivity index (χ0) is 19.6. The van der Waals surface area contributed by atoms with Crippen LogP contribution >= 0.6 is 0 Å². The quantitative estimate of drug-likeness (QED) is 0.796. The van der Waals surface area contributed by atoms with Crippen molar-refractivity contribution < 1.29 is 17.9 Å². The molecule has 0 heterocycles. The number of rotatable bonds is 6. The predicted molar refractivity (Wildman–Crippen MR) is 105 cm³/mol. The molecular formula is C20H24N2O4S. The van der Waals surface area contributed by atoms with Gasteiger partial charge in [0, 0.05) is 13.0 Å². The van der Waals surface area contributed by atoms with Gasteiger partial charge in [-0.1, -0.05) is 18.2 Å². The maximum atomic E-state index is 12.8. The Hall–Kier alpha value is -2.38. The molecule has 1 atom stereocenters. The smallest absolute Gasteiger partial charge is 0.241 e. The first-order valence-corrected chi connectivity index (χ1v) is 10.4. The summed E-state index contributed by atoms with van der Waals surface area (Å²) in [6.45, 7) is 3.18. The molecule has 0 unspecified atom stereocenters. The van der Waals surface area contributed by atoms with Crippen LogP contribution in [0.5, 0.6) is 5.75 Å². The van der Waals surface area contributed by atoms with Gasteiger partial charge in [0.2, 0.25) is 15.9 Å². The van der Waals surface area contributed by atoms with Crippen molar-refractivity contribution in [3.05, 3.63) is 53.1 Å².